The number of halogens is 1. The number of amides is 1. The largest absolute Gasteiger partial charge is 0.340 e. The first-order chi connectivity index (χ1) is 13.8. The Labute approximate surface area is 176 Å². The molecule has 0 spiro atoms. The van der Waals surface area contributed by atoms with Crippen LogP contribution in [0.25, 0.3) is 0 Å². The van der Waals surface area contributed by atoms with E-state index in [1.165, 1.54) is 16.4 Å². The van der Waals surface area contributed by atoms with Gasteiger partial charge in [-0.15, -0.1) is 0 Å². The minimum absolute atomic E-state index is 0.0673. The van der Waals surface area contributed by atoms with Crippen LogP contribution in [-0.4, -0.2) is 55.5 Å². The van der Waals surface area contributed by atoms with Gasteiger partial charge in [-0.25, -0.2) is 8.42 Å². The van der Waals surface area contributed by atoms with E-state index in [9.17, 15) is 18.0 Å². The summed E-state index contributed by atoms with van der Waals surface area (Å²) in [5.74, 6) is -0.198. The Kier molecular flexibility index (Phi) is 6.72. The molecule has 1 amide bonds. The van der Waals surface area contributed by atoms with Gasteiger partial charge < -0.3 is 4.90 Å². The van der Waals surface area contributed by atoms with E-state index in [0.29, 0.717) is 23.7 Å². The Morgan fingerprint density at radius 2 is 1.48 bits per heavy atom. The van der Waals surface area contributed by atoms with Gasteiger partial charge in [0.1, 0.15) is 0 Å². The van der Waals surface area contributed by atoms with Crippen LogP contribution in [0.15, 0.2) is 53.4 Å². The Balaban J connectivity index is 1.52. The second kappa shape index (κ2) is 9.07. The quantitative estimate of drug-likeness (QED) is 0.654. The van der Waals surface area contributed by atoms with Crippen molar-refractivity contribution in [1.82, 2.24) is 9.21 Å². The third-order valence-corrected chi connectivity index (χ3v) is 7.15. The molecule has 0 aromatic heterocycles. The predicted molar refractivity (Wildman–Crippen MR) is 112 cm³/mol. The van der Waals surface area contributed by atoms with E-state index in [1.54, 1.807) is 29.2 Å². The van der Waals surface area contributed by atoms with Crippen molar-refractivity contribution in [2.24, 2.45) is 0 Å². The van der Waals surface area contributed by atoms with Crippen molar-refractivity contribution >= 4 is 33.3 Å². The van der Waals surface area contributed by atoms with E-state index in [1.807, 2.05) is 19.1 Å². The number of hydrogen-bond acceptors (Lipinski definition) is 4. The Bertz CT molecular complexity index is 980. The van der Waals surface area contributed by atoms with Gasteiger partial charge in [0.05, 0.1) is 4.90 Å². The summed E-state index contributed by atoms with van der Waals surface area (Å²) < 4.78 is 26.8. The fourth-order valence-corrected chi connectivity index (χ4v) is 4.74. The maximum atomic E-state index is 12.7. The molecule has 0 N–H and O–H groups in total. The number of sulfonamides is 1. The summed E-state index contributed by atoms with van der Waals surface area (Å²) in [4.78, 5) is 26.5. The Hall–Kier alpha value is -2.22. The Morgan fingerprint density at radius 1 is 0.897 bits per heavy atom. The fraction of sp³-hybridized carbons (Fsp3) is 0.333. The molecule has 0 unspecified atom stereocenters. The lowest BCUT2D eigenvalue weighted by atomic mass is 10.0. The van der Waals surface area contributed by atoms with Gasteiger partial charge in [0.15, 0.2) is 5.78 Å². The summed E-state index contributed by atoms with van der Waals surface area (Å²) in [7, 11) is -3.61. The van der Waals surface area contributed by atoms with Gasteiger partial charge >= 0.3 is 0 Å². The highest BCUT2D eigenvalue weighted by Gasteiger charge is 2.30. The molecule has 1 aliphatic heterocycles. The van der Waals surface area contributed by atoms with Crippen molar-refractivity contribution in [3.63, 3.8) is 0 Å². The normalized spacial score (nSPS) is 15.3. The number of nitrogens with zero attached hydrogens (tertiary/aromatic N) is 2. The first kappa shape index (κ1) is 21.5. The molecule has 0 bridgehead atoms. The summed E-state index contributed by atoms with van der Waals surface area (Å²) >= 11 is 5.82. The van der Waals surface area contributed by atoms with E-state index < -0.39 is 10.0 Å². The van der Waals surface area contributed by atoms with Crippen molar-refractivity contribution in [2.75, 3.05) is 26.2 Å². The lowest BCUT2D eigenvalue weighted by Crippen LogP contribution is -2.50. The molecule has 1 saturated heterocycles. The zero-order valence-electron chi connectivity index (χ0n) is 16.2. The monoisotopic (exact) mass is 434 g/mol. The van der Waals surface area contributed by atoms with Crippen molar-refractivity contribution in [3.05, 3.63) is 64.7 Å². The lowest BCUT2D eigenvalue weighted by Gasteiger charge is -2.34. The van der Waals surface area contributed by atoms with Gasteiger partial charge in [0, 0.05) is 49.6 Å². The van der Waals surface area contributed by atoms with Gasteiger partial charge in [-0.3, -0.25) is 9.59 Å². The number of Topliss-reactive ketones (excluding diaryl/α,β-unsaturated/α-hetero) is 1. The Morgan fingerprint density at radius 3 is 2.07 bits per heavy atom. The highest BCUT2D eigenvalue weighted by molar-refractivity contribution is 7.89. The smallest absolute Gasteiger partial charge is 0.243 e. The van der Waals surface area contributed by atoms with Gasteiger partial charge in [-0.2, -0.15) is 4.31 Å². The summed E-state index contributed by atoms with van der Waals surface area (Å²) in [5, 5.41) is 0.472. The van der Waals surface area contributed by atoms with Crippen LogP contribution in [0.1, 0.15) is 28.8 Å². The minimum Gasteiger partial charge on any atom is -0.340 e. The highest BCUT2D eigenvalue weighted by atomic mass is 35.5. The van der Waals surface area contributed by atoms with Crippen LogP contribution in [0, 0.1) is 6.92 Å². The van der Waals surface area contributed by atoms with Gasteiger partial charge in [-0.1, -0.05) is 41.4 Å². The van der Waals surface area contributed by atoms with Crippen molar-refractivity contribution in [1.29, 1.82) is 0 Å². The molecule has 2 aromatic rings. The zero-order chi connectivity index (χ0) is 21.0. The summed E-state index contributed by atoms with van der Waals surface area (Å²) in [6.45, 7) is 3.02. The molecule has 1 heterocycles. The predicted octanol–water partition coefficient (Wildman–Crippen LogP) is 3.14. The minimum atomic E-state index is -3.61. The molecular formula is C21H23ClN2O4S. The summed E-state index contributed by atoms with van der Waals surface area (Å²) in [6, 6.07) is 13.3. The van der Waals surface area contributed by atoms with Gasteiger partial charge in [0.2, 0.25) is 15.9 Å². The molecule has 0 atom stereocenters. The van der Waals surface area contributed by atoms with Crippen LogP contribution in [0.4, 0.5) is 0 Å². The van der Waals surface area contributed by atoms with Crippen molar-refractivity contribution < 1.29 is 18.0 Å². The molecule has 1 fully saturated rings. The molecule has 3 rings (SSSR count). The first-order valence-corrected chi connectivity index (χ1v) is 11.2. The fourth-order valence-electron chi connectivity index (χ4n) is 3.20. The van der Waals surface area contributed by atoms with Crippen molar-refractivity contribution in [2.45, 2.75) is 24.7 Å². The average Bonchev–Trinajstić information content (AvgIpc) is 2.72. The number of ketones is 1. The average molecular weight is 435 g/mol. The maximum absolute atomic E-state index is 12.7. The summed E-state index contributed by atoms with van der Waals surface area (Å²) in [5.41, 5.74) is 1.67. The van der Waals surface area contributed by atoms with E-state index >= 15 is 0 Å². The molecule has 0 aliphatic carbocycles. The molecule has 154 valence electrons. The lowest BCUT2D eigenvalue weighted by molar-refractivity contribution is -0.132. The molecule has 8 heteroatoms. The van der Waals surface area contributed by atoms with Crippen LogP contribution in [0.2, 0.25) is 5.02 Å². The number of aryl methyl sites for hydroxylation is 1. The van der Waals surface area contributed by atoms with Crippen LogP contribution < -0.4 is 0 Å². The number of carbonyl (C=O) groups is 2. The summed E-state index contributed by atoms with van der Waals surface area (Å²) in [6.07, 6.45) is 0.266. The van der Waals surface area contributed by atoms with E-state index in [0.717, 1.165) is 5.56 Å². The molecule has 0 radical (unpaired) electrons. The van der Waals surface area contributed by atoms with Gasteiger partial charge in [0.25, 0.3) is 0 Å². The molecule has 29 heavy (non-hydrogen) atoms. The van der Waals surface area contributed by atoms with E-state index in [-0.39, 0.29) is 42.5 Å². The van der Waals surface area contributed by atoms with E-state index in [2.05, 4.69) is 0 Å². The standard InChI is InChI=1S/C21H23ClN2O4S/c1-16-2-4-17(5-3-16)20(25)10-11-21(26)23-12-14-24(15-13-23)29(27,28)19-8-6-18(22)7-9-19/h2-9H,10-15H2,1H3. The zero-order valence-corrected chi connectivity index (χ0v) is 17.7. The molecule has 0 saturated carbocycles. The molecule has 2 aromatic carbocycles. The number of hydrogen-bond donors (Lipinski definition) is 0. The second-order valence-electron chi connectivity index (χ2n) is 7.03. The highest BCUT2D eigenvalue weighted by Crippen LogP contribution is 2.20. The molecule has 6 nitrogen and oxygen atoms in total. The third kappa shape index (κ3) is 5.23. The van der Waals surface area contributed by atoms with Gasteiger partial charge in [-0.05, 0) is 31.2 Å². The molecular weight excluding hydrogens is 412 g/mol. The number of carbonyl (C=O) groups excluding carboxylic acids is 2. The maximum Gasteiger partial charge on any atom is 0.243 e. The van der Waals surface area contributed by atoms with Crippen LogP contribution in [0.3, 0.4) is 0 Å². The third-order valence-electron chi connectivity index (χ3n) is 4.98. The van der Waals surface area contributed by atoms with Crippen LogP contribution in [0.5, 0.6) is 0 Å². The number of rotatable bonds is 6. The SMILES string of the molecule is Cc1ccc(C(=O)CCC(=O)N2CCN(S(=O)(=O)c3ccc(Cl)cc3)CC2)cc1. The van der Waals surface area contributed by atoms with Crippen LogP contribution in [-0.2, 0) is 14.8 Å². The van der Waals surface area contributed by atoms with Crippen LogP contribution >= 0.6 is 11.6 Å². The molecule has 1 aliphatic rings. The first-order valence-electron chi connectivity index (χ1n) is 9.41. The second-order valence-corrected chi connectivity index (χ2v) is 9.40. The number of piperazine rings is 1. The van der Waals surface area contributed by atoms with Crippen molar-refractivity contribution in [3.8, 4) is 0 Å². The topological polar surface area (TPSA) is 74.8 Å². The van der Waals surface area contributed by atoms with E-state index in [4.69, 9.17) is 11.6 Å². The number of benzene rings is 2.